The Morgan fingerprint density at radius 1 is 0.536 bits per heavy atom. The van der Waals surface area contributed by atoms with Crippen molar-refractivity contribution in [1.29, 1.82) is 0 Å². The molecule has 0 nitrogen and oxygen atoms in total. The number of hydrogen-bond donors (Lipinski definition) is 0. The van der Waals surface area contributed by atoms with Crippen LogP contribution in [0.2, 0.25) is 0 Å². The molecule has 0 aliphatic heterocycles. The van der Waals surface area contributed by atoms with Crippen molar-refractivity contribution in [3.8, 4) is 0 Å². The van der Waals surface area contributed by atoms with Gasteiger partial charge in [-0.15, -0.1) is 0 Å². The standard InChI is InChI=1S/C11H7F16.U/c1-2-4(6(14,15)16)3-5(12,13)7(17,18)8(19,20)9(21,22)10(23,24)11(25,26)27;/h4H,1-3H2;/q-1;. The minimum Gasteiger partial charge on any atom is -0.343 e. The van der Waals surface area contributed by atoms with Crippen molar-refractivity contribution in [1.82, 2.24) is 0 Å². The largest absolute Gasteiger partial charge is 0.460 e. The normalized spacial score (nSPS) is 16.6. The van der Waals surface area contributed by atoms with Crippen LogP contribution in [0.1, 0.15) is 12.8 Å². The molecule has 0 aromatic carbocycles. The Balaban J connectivity index is 0. The summed E-state index contributed by atoms with van der Waals surface area (Å²) in [5.41, 5.74) is 0. The summed E-state index contributed by atoms with van der Waals surface area (Å²) < 4.78 is 202. The molecule has 0 saturated carbocycles. The van der Waals surface area contributed by atoms with Gasteiger partial charge < -0.3 is 6.92 Å². The Kier molecular flexibility index (Phi) is 8.85. The van der Waals surface area contributed by atoms with E-state index in [0.29, 0.717) is 0 Å². The van der Waals surface area contributed by atoms with Gasteiger partial charge in [-0.1, -0.05) is 0 Å². The third-order valence-corrected chi connectivity index (χ3v) is 3.31. The zero-order valence-corrected chi connectivity index (χ0v) is 16.9. The fourth-order valence-electron chi connectivity index (χ4n) is 1.62. The maximum Gasteiger partial charge on any atom is 0.460 e. The van der Waals surface area contributed by atoms with E-state index in [1.165, 1.54) is 0 Å². The third-order valence-electron chi connectivity index (χ3n) is 3.31. The fourth-order valence-corrected chi connectivity index (χ4v) is 1.62. The van der Waals surface area contributed by atoms with E-state index in [2.05, 4.69) is 6.92 Å². The molecule has 0 saturated heterocycles. The molecule has 0 fully saturated rings. The van der Waals surface area contributed by atoms with Crippen molar-refractivity contribution in [2.24, 2.45) is 5.92 Å². The van der Waals surface area contributed by atoms with Crippen LogP contribution in [-0.4, -0.2) is 42.0 Å². The molecule has 1 unspecified atom stereocenters. The SMILES string of the molecule is [CH2-]CC(CC(F)(F)C(F)(F)C(F)(F)C(F)(F)C(F)(F)C(F)(F)F)C(F)(F)F.[U]. The average molecular weight is 681 g/mol. The van der Waals surface area contributed by atoms with E-state index in [1.807, 2.05) is 0 Å². The van der Waals surface area contributed by atoms with Gasteiger partial charge in [-0.2, -0.15) is 76.7 Å². The predicted octanol–water partition coefficient (Wildman–Crippen LogP) is 6.52. The first kappa shape index (κ1) is 30.1. The molecule has 0 spiro atoms. The molecule has 0 radical (unpaired) electrons. The van der Waals surface area contributed by atoms with Gasteiger partial charge in [0, 0.05) is 43.5 Å². The van der Waals surface area contributed by atoms with Crippen LogP contribution in [0.4, 0.5) is 70.2 Å². The minimum atomic E-state index is -8.14. The van der Waals surface area contributed by atoms with Crippen molar-refractivity contribution in [2.75, 3.05) is 0 Å². The first-order valence-electron chi connectivity index (χ1n) is 6.23. The molecule has 0 N–H and O–H groups in total. The zero-order valence-electron chi connectivity index (χ0n) is 12.7. The van der Waals surface area contributed by atoms with E-state index in [4.69, 9.17) is 0 Å². The van der Waals surface area contributed by atoms with Crippen LogP contribution in [0.25, 0.3) is 0 Å². The van der Waals surface area contributed by atoms with Crippen molar-refractivity contribution >= 4 is 0 Å². The second-order valence-electron chi connectivity index (χ2n) is 5.23. The van der Waals surface area contributed by atoms with Gasteiger partial charge in [-0.05, 0) is 0 Å². The Hall–Kier alpha value is -0.0681. The van der Waals surface area contributed by atoms with Gasteiger partial charge in [-0.3, -0.25) is 0 Å². The Labute approximate surface area is 169 Å². The molecule has 17 heteroatoms. The Morgan fingerprint density at radius 2 is 0.857 bits per heavy atom. The summed E-state index contributed by atoms with van der Waals surface area (Å²) in [5, 5.41) is 0. The molecule has 1 atom stereocenters. The molecule has 0 bridgehead atoms. The molecule has 0 heterocycles. The fraction of sp³-hybridized carbons (Fsp3) is 0.909. The van der Waals surface area contributed by atoms with Crippen LogP contribution in [0.15, 0.2) is 0 Å². The molecule has 0 amide bonds. The number of halogens is 16. The molecule has 0 rings (SSSR count). The van der Waals surface area contributed by atoms with Gasteiger partial charge in [0.05, 0.1) is 0 Å². The second-order valence-corrected chi connectivity index (χ2v) is 5.23. The smallest absolute Gasteiger partial charge is 0.343 e. The Morgan fingerprint density at radius 3 is 1.11 bits per heavy atom. The summed E-state index contributed by atoms with van der Waals surface area (Å²) >= 11 is 0. The van der Waals surface area contributed by atoms with Gasteiger partial charge in [0.25, 0.3) is 0 Å². The van der Waals surface area contributed by atoms with E-state index in [9.17, 15) is 70.2 Å². The summed E-state index contributed by atoms with van der Waals surface area (Å²) in [6.45, 7) is 2.40. The maximum atomic E-state index is 13.3. The van der Waals surface area contributed by atoms with Crippen molar-refractivity contribution in [3.05, 3.63) is 6.92 Å². The second kappa shape index (κ2) is 8.22. The topological polar surface area (TPSA) is 0 Å². The zero-order chi connectivity index (χ0) is 22.5. The quantitative estimate of drug-likeness (QED) is 0.212. The van der Waals surface area contributed by atoms with E-state index >= 15 is 0 Å². The van der Waals surface area contributed by atoms with E-state index in [0.717, 1.165) is 0 Å². The van der Waals surface area contributed by atoms with Crippen molar-refractivity contribution in [2.45, 2.75) is 54.8 Å². The molecular weight excluding hydrogens is 674 g/mol. The molecule has 0 aliphatic carbocycles. The van der Waals surface area contributed by atoms with Crippen LogP contribution in [0, 0.1) is 44.0 Å². The van der Waals surface area contributed by atoms with Crippen LogP contribution >= 0.6 is 0 Å². The molecule has 28 heavy (non-hydrogen) atoms. The van der Waals surface area contributed by atoms with Gasteiger partial charge in [0.1, 0.15) is 0 Å². The van der Waals surface area contributed by atoms with E-state index in [-0.39, 0.29) is 31.1 Å². The first-order valence-corrected chi connectivity index (χ1v) is 6.23. The summed E-state index contributed by atoms with van der Waals surface area (Å²) in [6, 6.07) is 0. The number of rotatable bonds is 7. The average Bonchev–Trinajstić information content (AvgIpc) is 2.41. The monoisotopic (exact) mass is 681 g/mol. The van der Waals surface area contributed by atoms with Crippen LogP contribution in [0.3, 0.4) is 0 Å². The summed E-state index contributed by atoms with van der Waals surface area (Å²) in [4.78, 5) is 0. The van der Waals surface area contributed by atoms with Crippen LogP contribution < -0.4 is 0 Å². The third kappa shape index (κ3) is 4.80. The maximum absolute atomic E-state index is 13.3. The van der Waals surface area contributed by atoms with Crippen LogP contribution in [0.5, 0.6) is 0 Å². The first-order chi connectivity index (χ1) is 11.4. The molecule has 0 aliphatic rings. The summed E-state index contributed by atoms with van der Waals surface area (Å²) in [5.74, 6) is -42.2. The van der Waals surface area contributed by atoms with Gasteiger partial charge in [-0.25, -0.2) is 0 Å². The van der Waals surface area contributed by atoms with Crippen LogP contribution in [-0.2, 0) is 0 Å². The summed E-state index contributed by atoms with van der Waals surface area (Å²) in [6.07, 6.45) is -18.4. The minimum absolute atomic E-state index is 0. The van der Waals surface area contributed by atoms with Crippen molar-refractivity contribution < 1.29 is 101 Å². The van der Waals surface area contributed by atoms with Crippen molar-refractivity contribution in [3.63, 3.8) is 0 Å². The molecule has 168 valence electrons. The number of hydrogen-bond acceptors (Lipinski definition) is 0. The van der Waals surface area contributed by atoms with Gasteiger partial charge in [0.2, 0.25) is 0 Å². The van der Waals surface area contributed by atoms with Gasteiger partial charge in [0.15, 0.2) is 0 Å². The molecular formula is C11H7F16U-. The predicted molar refractivity (Wildman–Crippen MR) is 54.9 cm³/mol. The molecule has 0 aromatic rings. The molecule has 0 aromatic heterocycles. The summed E-state index contributed by atoms with van der Waals surface area (Å²) in [7, 11) is 0. The van der Waals surface area contributed by atoms with E-state index < -0.39 is 60.7 Å². The van der Waals surface area contributed by atoms with Gasteiger partial charge >= 0.3 is 42.0 Å². The number of alkyl halides is 16. The Bertz CT molecular complexity index is 516. The van der Waals surface area contributed by atoms with E-state index in [1.54, 1.807) is 0 Å².